The highest BCUT2D eigenvalue weighted by molar-refractivity contribution is 9.10. The van der Waals surface area contributed by atoms with Gasteiger partial charge >= 0.3 is 0 Å². The lowest BCUT2D eigenvalue weighted by molar-refractivity contribution is 0.633. The van der Waals surface area contributed by atoms with Crippen LogP contribution in [0.25, 0.3) is 43.1 Å². The van der Waals surface area contributed by atoms with Crippen LogP contribution in [0.5, 0.6) is 0 Å². The third kappa shape index (κ3) is 7.54. The number of hydrogen-bond donors (Lipinski definition) is 2. The van der Waals surface area contributed by atoms with Crippen LogP contribution in [-0.4, -0.2) is 19.9 Å². The highest BCUT2D eigenvalue weighted by Gasteiger charge is 2.04. The smallest absolute Gasteiger partial charge is 0.151 e. The summed E-state index contributed by atoms with van der Waals surface area (Å²) in [6.45, 7) is 0. The molecule has 10 heteroatoms. The van der Waals surface area contributed by atoms with Gasteiger partial charge in [-0.15, -0.1) is 0 Å². The predicted octanol–water partition coefficient (Wildman–Crippen LogP) is 9.28. The number of benzene rings is 4. The zero-order valence-electron chi connectivity index (χ0n) is 24.2. The van der Waals surface area contributed by atoms with Crippen molar-refractivity contribution in [1.82, 2.24) is 19.9 Å². The molecule has 0 aliphatic heterocycles. The van der Waals surface area contributed by atoms with Gasteiger partial charge in [0, 0.05) is 84.5 Å². The van der Waals surface area contributed by atoms with Crippen molar-refractivity contribution in [2.24, 2.45) is 0 Å². The zero-order valence-corrected chi connectivity index (χ0v) is 25.7. The van der Waals surface area contributed by atoms with Crippen LogP contribution in [-0.2, 0) is 0 Å². The summed E-state index contributed by atoms with van der Waals surface area (Å²) in [6.07, 6.45) is 12.1. The fraction of sp³-hybridized carbons (Fsp3) is 0. The molecule has 0 saturated heterocycles. The first kappa shape index (κ1) is 31.8. The number of anilines is 2. The second kappa shape index (κ2) is 14.9. The molecule has 0 radical (unpaired) electrons. The number of nitrogens with two attached hydrogens (primary N) is 2. The highest BCUT2D eigenvalue weighted by atomic mass is 79.9. The monoisotopic (exact) mass is 678 g/mol. The first-order valence-corrected chi connectivity index (χ1v) is 14.6. The molecule has 4 aromatic heterocycles. The molecule has 0 saturated carbocycles. The van der Waals surface area contributed by atoms with Crippen molar-refractivity contribution in [3.63, 3.8) is 0 Å². The Hall–Kier alpha value is -5.61. The fourth-order valence-corrected chi connectivity index (χ4v) is 5.08. The molecule has 46 heavy (non-hydrogen) atoms. The van der Waals surface area contributed by atoms with Crippen LogP contribution in [0, 0.1) is 17.5 Å². The van der Waals surface area contributed by atoms with Gasteiger partial charge in [-0.1, -0.05) is 72.8 Å². The number of nitrogens with zero attached hydrogens (tertiary/aromatic N) is 4. The van der Waals surface area contributed by atoms with E-state index in [4.69, 9.17) is 11.5 Å². The quantitative estimate of drug-likeness (QED) is 0.155. The van der Waals surface area contributed by atoms with Crippen molar-refractivity contribution in [1.29, 1.82) is 0 Å². The second-order valence-electron chi connectivity index (χ2n) is 9.82. The standard InChI is InChI=1S/C9H6BrN.2C9H7FN2.C9H6FN/c10-9-6-11-5-7-3-1-2-4-8(7)9;2*10-7-5-12-4-6-2-1-3-8(11)9(6)7;10-9-6-11-5-7-3-1-2-4-8(7)9/h1-6H;2*1-5H,11H2;1-6H. The Morgan fingerprint density at radius 3 is 1.28 bits per heavy atom. The molecule has 8 rings (SSSR count). The Morgan fingerprint density at radius 1 is 0.413 bits per heavy atom. The van der Waals surface area contributed by atoms with E-state index in [1.54, 1.807) is 61.1 Å². The molecular formula is C36H26BrF3N6. The van der Waals surface area contributed by atoms with Crippen LogP contribution in [0.15, 0.2) is 139 Å². The van der Waals surface area contributed by atoms with Crippen LogP contribution in [0.4, 0.5) is 24.5 Å². The number of nitrogen functional groups attached to an aromatic ring is 2. The minimum absolute atomic E-state index is 0.261. The van der Waals surface area contributed by atoms with Gasteiger partial charge in [0.15, 0.2) is 11.6 Å². The van der Waals surface area contributed by atoms with Gasteiger partial charge in [-0.2, -0.15) is 0 Å². The maximum atomic E-state index is 13.1. The van der Waals surface area contributed by atoms with E-state index in [1.807, 2.05) is 48.8 Å². The van der Waals surface area contributed by atoms with E-state index in [9.17, 15) is 13.2 Å². The van der Waals surface area contributed by atoms with Crippen molar-refractivity contribution in [2.45, 2.75) is 0 Å². The first-order valence-electron chi connectivity index (χ1n) is 13.9. The van der Waals surface area contributed by atoms with Gasteiger partial charge in [-0.3, -0.25) is 19.9 Å². The molecule has 4 aromatic carbocycles. The maximum Gasteiger partial charge on any atom is 0.151 e. The van der Waals surface area contributed by atoms with Crippen molar-refractivity contribution < 1.29 is 13.2 Å². The average Bonchev–Trinajstić information content (AvgIpc) is 3.07. The molecular weight excluding hydrogens is 653 g/mol. The second-order valence-corrected chi connectivity index (χ2v) is 10.7. The van der Waals surface area contributed by atoms with Crippen LogP contribution in [0.2, 0.25) is 0 Å². The van der Waals surface area contributed by atoms with Gasteiger partial charge < -0.3 is 11.5 Å². The molecule has 0 aliphatic carbocycles. The van der Waals surface area contributed by atoms with E-state index < -0.39 is 0 Å². The van der Waals surface area contributed by atoms with E-state index in [2.05, 4.69) is 41.9 Å². The number of halogens is 4. The average molecular weight is 680 g/mol. The third-order valence-corrected chi connectivity index (χ3v) is 7.41. The number of hydrogen-bond acceptors (Lipinski definition) is 6. The summed E-state index contributed by atoms with van der Waals surface area (Å²) in [5, 5.41) is 6.21. The van der Waals surface area contributed by atoms with Crippen molar-refractivity contribution in [2.75, 3.05) is 11.5 Å². The maximum absolute atomic E-state index is 13.1. The van der Waals surface area contributed by atoms with Crippen LogP contribution in [0.3, 0.4) is 0 Å². The van der Waals surface area contributed by atoms with E-state index in [0.29, 0.717) is 27.5 Å². The fourth-order valence-electron chi connectivity index (χ4n) is 4.60. The van der Waals surface area contributed by atoms with Gasteiger partial charge in [0.1, 0.15) is 5.82 Å². The molecule has 8 aromatic rings. The number of aromatic nitrogens is 4. The molecule has 0 aliphatic rings. The van der Waals surface area contributed by atoms with Gasteiger partial charge in [0.05, 0.1) is 18.6 Å². The van der Waals surface area contributed by atoms with E-state index in [-0.39, 0.29) is 17.5 Å². The topological polar surface area (TPSA) is 104 Å². The van der Waals surface area contributed by atoms with Crippen molar-refractivity contribution >= 4 is 70.4 Å². The van der Waals surface area contributed by atoms with E-state index >= 15 is 0 Å². The predicted molar refractivity (Wildman–Crippen MR) is 183 cm³/mol. The van der Waals surface area contributed by atoms with Gasteiger partial charge in [-0.05, 0) is 33.4 Å². The summed E-state index contributed by atoms with van der Waals surface area (Å²) < 4.78 is 40.2. The number of rotatable bonds is 0. The molecule has 0 atom stereocenters. The number of pyridine rings is 4. The Morgan fingerprint density at radius 2 is 0.804 bits per heavy atom. The summed E-state index contributed by atoms with van der Waals surface area (Å²) in [5.41, 5.74) is 12.1. The Bertz CT molecular complexity index is 2020. The largest absolute Gasteiger partial charge is 0.398 e. The SMILES string of the molecule is Brc1cncc2ccccc12.Fc1cncc2ccccc12.Nc1cccc2cncc(F)c12.Nc1cccc2cncc(F)c12. The molecule has 228 valence electrons. The summed E-state index contributed by atoms with van der Waals surface area (Å²) >= 11 is 3.43. The van der Waals surface area contributed by atoms with Crippen molar-refractivity contribution in [3.05, 3.63) is 156 Å². The minimum atomic E-state index is -0.370. The van der Waals surface area contributed by atoms with Gasteiger partial charge in [0.25, 0.3) is 0 Å². The highest BCUT2D eigenvalue weighted by Crippen LogP contribution is 2.23. The molecule has 4 heterocycles. The lowest BCUT2D eigenvalue weighted by Crippen LogP contribution is -1.90. The first-order chi connectivity index (χ1) is 22.3. The lowest BCUT2D eigenvalue weighted by Gasteiger charge is -2.00. The summed E-state index contributed by atoms with van der Waals surface area (Å²) in [7, 11) is 0. The third-order valence-electron chi connectivity index (χ3n) is 6.78. The van der Waals surface area contributed by atoms with E-state index in [0.717, 1.165) is 20.6 Å². The van der Waals surface area contributed by atoms with Gasteiger partial charge in [-0.25, -0.2) is 13.2 Å². The van der Waals surface area contributed by atoms with Crippen LogP contribution >= 0.6 is 15.9 Å². The van der Waals surface area contributed by atoms with Crippen molar-refractivity contribution in [3.8, 4) is 0 Å². The molecule has 6 nitrogen and oxygen atoms in total. The number of fused-ring (bicyclic) bond motifs is 4. The zero-order chi connectivity index (χ0) is 32.5. The van der Waals surface area contributed by atoms with Crippen LogP contribution in [0.1, 0.15) is 0 Å². The summed E-state index contributed by atoms with van der Waals surface area (Å²) in [6, 6.07) is 25.9. The molecule has 0 bridgehead atoms. The summed E-state index contributed by atoms with van der Waals surface area (Å²) in [5.74, 6) is -1.00. The summed E-state index contributed by atoms with van der Waals surface area (Å²) in [4.78, 5) is 15.2. The van der Waals surface area contributed by atoms with Gasteiger partial charge in [0.2, 0.25) is 0 Å². The Kier molecular flexibility index (Phi) is 10.3. The molecule has 0 fully saturated rings. The minimum Gasteiger partial charge on any atom is -0.398 e. The Balaban J connectivity index is 0.000000121. The molecule has 0 unspecified atom stereocenters. The lowest BCUT2D eigenvalue weighted by atomic mass is 10.1. The normalized spacial score (nSPS) is 10.3. The Labute approximate surface area is 270 Å². The molecule has 4 N–H and O–H groups in total. The van der Waals surface area contributed by atoms with Crippen LogP contribution < -0.4 is 11.5 Å². The van der Waals surface area contributed by atoms with E-state index in [1.165, 1.54) is 29.4 Å². The molecule has 0 amide bonds. The molecule has 0 spiro atoms.